The van der Waals surface area contributed by atoms with Crippen LogP contribution in [0.1, 0.15) is 12.2 Å². The summed E-state index contributed by atoms with van der Waals surface area (Å²) in [4.78, 5) is 22.4. The van der Waals surface area contributed by atoms with Gasteiger partial charge in [-0.3, -0.25) is 4.79 Å². The van der Waals surface area contributed by atoms with Crippen molar-refractivity contribution in [3.8, 4) is 0 Å². The van der Waals surface area contributed by atoms with Crippen molar-refractivity contribution in [1.82, 2.24) is 15.0 Å². The van der Waals surface area contributed by atoms with Gasteiger partial charge >= 0.3 is 5.97 Å². The van der Waals surface area contributed by atoms with Gasteiger partial charge in [-0.15, -0.1) is 0 Å². The summed E-state index contributed by atoms with van der Waals surface area (Å²) in [6, 6.07) is 0. The van der Waals surface area contributed by atoms with Crippen LogP contribution in [-0.4, -0.2) is 39.5 Å². The van der Waals surface area contributed by atoms with E-state index in [-0.39, 0.29) is 17.9 Å². The van der Waals surface area contributed by atoms with E-state index in [1.54, 1.807) is 11.8 Å². The number of hydrogen-bond acceptors (Lipinski definition) is 8. The highest BCUT2D eigenvalue weighted by Gasteiger charge is 2.03. The molecule has 1 aromatic heterocycles. The van der Waals surface area contributed by atoms with E-state index in [0.29, 0.717) is 24.4 Å². The smallest absolute Gasteiger partial charge is 0.306 e. The summed E-state index contributed by atoms with van der Waals surface area (Å²) in [6.07, 6.45) is 1.05. The Labute approximate surface area is 103 Å². The van der Waals surface area contributed by atoms with Crippen molar-refractivity contribution in [2.45, 2.75) is 12.8 Å². The zero-order chi connectivity index (χ0) is 12.7. The molecule has 1 heterocycles. The molecule has 0 fully saturated rings. The second-order valence-corrected chi connectivity index (χ2v) is 4.38. The highest BCUT2D eigenvalue weighted by Crippen LogP contribution is 2.07. The molecule has 0 bridgehead atoms. The number of nitrogens with zero attached hydrogens (tertiary/aromatic N) is 3. The van der Waals surface area contributed by atoms with Crippen LogP contribution in [0, 0.1) is 0 Å². The van der Waals surface area contributed by atoms with Crippen LogP contribution in [0.3, 0.4) is 0 Å². The Kier molecular flexibility index (Phi) is 5.47. The molecule has 0 spiro atoms. The van der Waals surface area contributed by atoms with Gasteiger partial charge in [0.1, 0.15) is 5.82 Å². The van der Waals surface area contributed by atoms with Crippen LogP contribution >= 0.6 is 11.8 Å². The lowest BCUT2D eigenvalue weighted by Crippen LogP contribution is -2.08. The van der Waals surface area contributed by atoms with Crippen molar-refractivity contribution in [2.24, 2.45) is 0 Å². The maximum atomic E-state index is 10.8. The Morgan fingerprint density at radius 3 is 2.47 bits per heavy atom. The molecule has 94 valence electrons. The first-order valence-electron chi connectivity index (χ1n) is 5.02. The van der Waals surface area contributed by atoms with Gasteiger partial charge in [0.25, 0.3) is 0 Å². The largest absolute Gasteiger partial charge is 0.469 e. The third-order valence-corrected chi connectivity index (χ3v) is 2.85. The molecule has 0 aliphatic carbocycles. The number of thioether (sulfide) groups is 1. The molecule has 8 heteroatoms. The van der Waals surface area contributed by atoms with Crippen LogP contribution < -0.4 is 11.5 Å². The van der Waals surface area contributed by atoms with Crippen molar-refractivity contribution >= 4 is 29.6 Å². The normalized spacial score (nSPS) is 10.2. The van der Waals surface area contributed by atoms with Gasteiger partial charge in [0.2, 0.25) is 11.9 Å². The van der Waals surface area contributed by atoms with Gasteiger partial charge < -0.3 is 16.2 Å². The van der Waals surface area contributed by atoms with Crippen molar-refractivity contribution in [2.75, 3.05) is 30.1 Å². The number of rotatable bonds is 6. The Morgan fingerprint density at radius 2 is 1.88 bits per heavy atom. The molecule has 0 radical (unpaired) electrons. The fraction of sp³-hybridized carbons (Fsp3) is 0.556. The Morgan fingerprint density at radius 1 is 1.24 bits per heavy atom. The number of nitrogens with two attached hydrogens (primary N) is 2. The van der Waals surface area contributed by atoms with Crippen LogP contribution in [0.4, 0.5) is 11.9 Å². The predicted molar refractivity (Wildman–Crippen MR) is 66.3 cm³/mol. The summed E-state index contributed by atoms with van der Waals surface area (Å²) >= 11 is 1.62. The number of carbonyl (C=O) groups excluding carboxylic acids is 1. The summed E-state index contributed by atoms with van der Waals surface area (Å²) in [5.41, 5.74) is 10.9. The standard InChI is InChI=1S/C9H15N5O2S/c1-16-7(15)3-5-17-4-2-6-12-8(10)14-9(11)13-6/h2-5H2,1H3,(H4,10,11,12,13,14). The zero-order valence-electron chi connectivity index (χ0n) is 9.55. The first kappa shape index (κ1) is 13.5. The van der Waals surface area contributed by atoms with E-state index in [1.165, 1.54) is 7.11 Å². The second-order valence-electron chi connectivity index (χ2n) is 3.16. The van der Waals surface area contributed by atoms with E-state index in [2.05, 4.69) is 19.7 Å². The summed E-state index contributed by atoms with van der Waals surface area (Å²) < 4.78 is 4.53. The van der Waals surface area contributed by atoms with Crippen molar-refractivity contribution in [3.05, 3.63) is 5.82 Å². The van der Waals surface area contributed by atoms with Gasteiger partial charge in [0.05, 0.1) is 13.5 Å². The number of methoxy groups -OCH3 is 1. The van der Waals surface area contributed by atoms with Crippen molar-refractivity contribution in [1.29, 1.82) is 0 Å². The minimum absolute atomic E-state index is 0.132. The molecular formula is C9H15N5O2S. The average molecular weight is 257 g/mol. The summed E-state index contributed by atoms with van der Waals surface area (Å²) in [5, 5.41) is 0. The molecule has 0 aliphatic rings. The van der Waals surface area contributed by atoms with Crippen LogP contribution in [-0.2, 0) is 16.0 Å². The number of hydrogen-bond donors (Lipinski definition) is 2. The minimum Gasteiger partial charge on any atom is -0.469 e. The highest BCUT2D eigenvalue weighted by molar-refractivity contribution is 7.99. The number of aryl methyl sites for hydroxylation is 1. The van der Waals surface area contributed by atoms with Crippen molar-refractivity contribution < 1.29 is 9.53 Å². The number of nitrogen functional groups attached to an aromatic ring is 2. The minimum atomic E-state index is -0.203. The fourth-order valence-electron chi connectivity index (χ4n) is 1.09. The monoisotopic (exact) mass is 257 g/mol. The maximum absolute atomic E-state index is 10.8. The average Bonchev–Trinajstić information content (AvgIpc) is 2.27. The van der Waals surface area contributed by atoms with Gasteiger partial charge in [0, 0.05) is 17.9 Å². The zero-order valence-corrected chi connectivity index (χ0v) is 10.4. The third kappa shape index (κ3) is 5.34. The highest BCUT2D eigenvalue weighted by atomic mass is 32.2. The Hall–Kier alpha value is -1.57. The number of carbonyl (C=O) groups is 1. The fourth-order valence-corrected chi connectivity index (χ4v) is 1.93. The van der Waals surface area contributed by atoms with Crippen LogP contribution in [0.25, 0.3) is 0 Å². The molecule has 0 amide bonds. The van der Waals surface area contributed by atoms with E-state index in [0.717, 1.165) is 5.75 Å². The molecule has 0 saturated heterocycles. The summed E-state index contributed by atoms with van der Waals surface area (Å²) in [5.74, 6) is 2.13. The number of aromatic nitrogens is 3. The first-order valence-corrected chi connectivity index (χ1v) is 6.17. The predicted octanol–water partition coefficient (Wildman–Crippen LogP) is -0.125. The lowest BCUT2D eigenvalue weighted by molar-refractivity contribution is -0.140. The summed E-state index contributed by atoms with van der Waals surface area (Å²) in [7, 11) is 1.38. The van der Waals surface area contributed by atoms with E-state index in [9.17, 15) is 4.79 Å². The van der Waals surface area contributed by atoms with Gasteiger partial charge in [-0.25, -0.2) is 0 Å². The summed E-state index contributed by atoms with van der Waals surface area (Å²) in [6.45, 7) is 0. The number of anilines is 2. The Balaban J connectivity index is 2.24. The molecule has 17 heavy (non-hydrogen) atoms. The van der Waals surface area contributed by atoms with Crippen LogP contribution in [0.5, 0.6) is 0 Å². The molecule has 7 nitrogen and oxygen atoms in total. The van der Waals surface area contributed by atoms with Gasteiger partial charge in [0.15, 0.2) is 0 Å². The molecule has 1 aromatic rings. The molecule has 0 saturated carbocycles. The molecule has 0 aliphatic heterocycles. The molecular weight excluding hydrogens is 242 g/mol. The van der Waals surface area contributed by atoms with E-state index >= 15 is 0 Å². The maximum Gasteiger partial charge on any atom is 0.306 e. The van der Waals surface area contributed by atoms with Crippen LogP contribution in [0.15, 0.2) is 0 Å². The van der Waals surface area contributed by atoms with Crippen LogP contribution in [0.2, 0.25) is 0 Å². The van der Waals surface area contributed by atoms with Gasteiger partial charge in [-0.2, -0.15) is 26.7 Å². The van der Waals surface area contributed by atoms with Gasteiger partial charge in [-0.05, 0) is 0 Å². The molecule has 0 aromatic carbocycles. The molecule has 1 rings (SSSR count). The molecule has 4 N–H and O–H groups in total. The lowest BCUT2D eigenvalue weighted by Gasteiger charge is -2.02. The number of ether oxygens (including phenoxy) is 1. The second kappa shape index (κ2) is 6.89. The van der Waals surface area contributed by atoms with Gasteiger partial charge in [-0.1, -0.05) is 0 Å². The third-order valence-electron chi connectivity index (χ3n) is 1.86. The molecule has 0 atom stereocenters. The first-order chi connectivity index (χ1) is 8.11. The molecule has 0 unspecified atom stereocenters. The number of esters is 1. The Bertz CT molecular complexity index is 367. The quantitative estimate of drug-likeness (QED) is 0.535. The van der Waals surface area contributed by atoms with E-state index in [1.807, 2.05) is 0 Å². The lowest BCUT2D eigenvalue weighted by atomic mass is 10.4. The van der Waals surface area contributed by atoms with E-state index < -0.39 is 0 Å². The topological polar surface area (TPSA) is 117 Å². The SMILES string of the molecule is COC(=O)CCSCCc1nc(N)nc(N)n1. The van der Waals surface area contributed by atoms with E-state index in [4.69, 9.17) is 11.5 Å². The van der Waals surface area contributed by atoms with Crippen molar-refractivity contribution in [3.63, 3.8) is 0 Å².